The summed E-state index contributed by atoms with van der Waals surface area (Å²) < 4.78 is 12.8. The standard InChI is InChI=1S/C16H11ClINO4/c17-10-1-6-13-14(9-10)23-16(21)19(13)8-7-15(20)22-12-4-2-11(18)3-5-12/h1-6,9H,7-8H2. The fourth-order valence-electron chi connectivity index (χ4n) is 2.14. The topological polar surface area (TPSA) is 61.4 Å². The maximum atomic E-state index is 11.9. The summed E-state index contributed by atoms with van der Waals surface area (Å²) in [6.45, 7) is 0.177. The highest BCUT2D eigenvalue weighted by Crippen LogP contribution is 2.19. The van der Waals surface area contributed by atoms with Crippen LogP contribution < -0.4 is 10.5 Å². The van der Waals surface area contributed by atoms with E-state index < -0.39 is 11.7 Å². The molecule has 3 aromatic rings. The first-order valence-electron chi connectivity index (χ1n) is 6.78. The lowest BCUT2D eigenvalue weighted by molar-refractivity contribution is -0.134. The minimum absolute atomic E-state index is 0.0587. The minimum atomic E-state index is -0.524. The van der Waals surface area contributed by atoms with Crippen molar-refractivity contribution in [3.63, 3.8) is 0 Å². The molecule has 5 nitrogen and oxygen atoms in total. The van der Waals surface area contributed by atoms with Crippen LogP contribution in [0.2, 0.25) is 5.02 Å². The molecule has 2 aromatic carbocycles. The Morgan fingerprint density at radius 1 is 1.22 bits per heavy atom. The molecule has 0 bridgehead atoms. The van der Waals surface area contributed by atoms with Crippen molar-refractivity contribution in [2.75, 3.05) is 0 Å². The first kappa shape index (κ1) is 16.1. The van der Waals surface area contributed by atoms with Crippen molar-refractivity contribution in [1.82, 2.24) is 4.57 Å². The molecule has 0 aliphatic carbocycles. The quantitative estimate of drug-likeness (QED) is 0.349. The summed E-state index contributed by atoms with van der Waals surface area (Å²) in [5.41, 5.74) is 0.995. The molecule has 0 amide bonds. The number of aryl methyl sites for hydroxylation is 1. The van der Waals surface area contributed by atoms with Crippen LogP contribution in [0.3, 0.4) is 0 Å². The summed E-state index contributed by atoms with van der Waals surface area (Å²) in [6, 6.07) is 12.1. The van der Waals surface area contributed by atoms with Crippen molar-refractivity contribution < 1.29 is 13.9 Å². The molecule has 0 fully saturated rings. The molecule has 1 aromatic heterocycles. The van der Waals surface area contributed by atoms with Gasteiger partial charge >= 0.3 is 11.7 Å². The molecule has 118 valence electrons. The first-order valence-corrected chi connectivity index (χ1v) is 8.24. The Kier molecular flexibility index (Phi) is 4.72. The van der Waals surface area contributed by atoms with Crippen molar-refractivity contribution in [1.29, 1.82) is 0 Å². The van der Waals surface area contributed by atoms with Gasteiger partial charge in [-0.2, -0.15) is 0 Å². The highest BCUT2D eigenvalue weighted by molar-refractivity contribution is 14.1. The predicted molar refractivity (Wildman–Crippen MR) is 94.9 cm³/mol. The van der Waals surface area contributed by atoms with E-state index >= 15 is 0 Å². The number of aromatic nitrogens is 1. The highest BCUT2D eigenvalue weighted by Gasteiger charge is 2.12. The molecule has 0 saturated carbocycles. The Labute approximate surface area is 149 Å². The Morgan fingerprint density at radius 2 is 1.96 bits per heavy atom. The zero-order valence-electron chi connectivity index (χ0n) is 11.8. The summed E-state index contributed by atoms with van der Waals surface area (Å²) in [7, 11) is 0. The van der Waals surface area contributed by atoms with E-state index in [0.717, 1.165) is 3.57 Å². The van der Waals surface area contributed by atoms with Crippen LogP contribution in [0.4, 0.5) is 0 Å². The van der Waals surface area contributed by atoms with Gasteiger partial charge in [-0.1, -0.05) is 11.6 Å². The van der Waals surface area contributed by atoms with Crippen molar-refractivity contribution in [3.05, 3.63) is 61.6 Å². The summed E-state index contributed by atoms with van der Waals surface area (Å²) >= 11 is 8.03. The molecule has 0 atom stereocenters. The number of carbonyl (C=O) groups excluding carboxylic acids is 1. The van der Waals surface area contributed by atoms with Gasteiger partial charge in [-0.15, -0.1) is 0 Å². The van der Waals surface area contributed by atoms with Crippen molar-refractivity contribution >= 4 is 51.3 Å². The molecular formula is C16H11ClINO4. The third-order valence-corrected chi connectivity index (χ3v) is 4.17. The zero-order valence-corrected chi connectivity index (χ0v) is 14.7. The van der Waals surface area contributed by atoms with E-state index in [-0.39, 0.29) is 13.0 Å². The summed E-state index contributed by atoms with van der Waals surface area (Å²) in [4.78, 5) is 23.8. The van der Waals surface area contributed by atoms with Crippen LogP contribution in [0.5, 0.6) is 5.75 Å². The van der Waals surface area contributed by atoms with Crippen molar-refractivity contribution in [2.24, 2.45) is 0 Å². The van der Waals surface area contributed by atoms with Gasteiger partial charge < -0.3 is 9.15 Å². The number of carbonyl (C=O) groups is 1. The van der Waals surface area contributed by atoms with Gasteiger partial charge in [0.15, 0.2) is 5.58 Å². The third-order valence-electron chi connectivity index (χ3n) is 3.22. The Morgan fingerprint density at radius 3 is 2.70 bits per heavy atom. The van der Waals surface area contributed by atoms with Crippen LogP contribution in [-0.4, -0.2) is 10.5 Å². The molecule has 1 heterocycles. The van der Waals surface area contributed by atoms with E-state index in [9.17, 15) is 9.59 Å². The van der Waals surface area contributed by atoms with E-state index in [2.05, 4.69) is 22.6 Å². The third kappa shape index (κ3) is 3.76. The second-order valence-electron chi connectivity index (χ2n) is 4.81. The van der Waals surface area contributed by atoms with Gasteiger partial charge in [-0.3, -0.25) is 9.36 Å². The van der Waals surface area contributed by atoms with Gasteiger partial charge in [0.1, 0.15) is 5.75 Å². The lowest BCUT2D eigenvalue weighted by Gasteiger charge is -2.05. The van der Waals surface area contributed by atoms with Gasteiger partial charge in [-0.05, 0) is 59.0 Å². The maximum Gasteiger partial charge on any atom is 0.419 e. The van der Waals surface area contributed by atoms with Crippen LogP contribution >= 0.6 is 34.2 Å². The molecule has 7 heteroatoms. The van der Waals surface area contributed by atoms with Gasteiger partial charge in [0, 0.05) is 21.2 Å². The van der Waals surface area contributed by atoms with Crippen molar-refractivity contribution in [3.8, 4) is 5.75 Å². The predicted octanol–water partition coefficient (Wildman–Crippen LogP) is 3.85. The number of oxazole rings is 1. The molecule has 0 N–H and O–H groups in total. The fraction of sp³-hybridized carbons (Fsp3) is 0.125. The summed E-state index contributed by atoms with van der Waals surface area (Å²) in [6.07, 6.45) is 0.0587. The molecule has 0 spiro atoms. The number of fused-ring (bicyclic) bond motifs is 1. The average Bonchev–Trinajstić information content (AvgIpc) is 2.82. The van der Waals surface area contributed by atoms with Crippen LogP contribution in [0.1, 0.15) is 6.42 Å². The average molecular weight is 444 g/mol. The summed E-state index contributed by atoms with van der Waals surface area (Å²) in [5.74, 6) is -0.461. The number of ether oxygens (including phenoxy) is 1. The highest BCUT2D eigenvalue weighted by atomic mass is 127. The summed E-state index contributed by atoms with van der Waals surface area (Å²) in [5, 5.41) is 0.483. The Bertz CT molecular complexity index is 914. The van der Waals surface area contributed by atoms with Crippen molar-refractivity contribution in [2.45, 2.75) is 13.0 Å². The van der Waals surface area contributed by atoms with E-state index in [0.29, 0.717) is 21.9 Å². The van der Waals surface area contributed by atoms with Crippen LogP contribution in [0.15, 0.2) is 51.7 Å². The lowest BCUT2D eigenvalue weighted by Crippen LogP contribution is -2.18. The molecule has 23 heavy (non-hydrogen) atoms. The molecule has 0 radical (unpaired) electrons. The number of halogens is 2. The fourth-order valence-corrected chi connectivity index (χ4v) is 2.66. The SMILES string of the molecule is O=C(CCn1c(=O)oc2cc(Cl)ccc21)Oc1ccc(I)cc1. The van der Waals surface area contributed by atoms with Gasteiger partial charge in [0.25, 0.3) is 0 Å². The molecule has 3 rings (SSSR count). The van der Waals surface area contributed by atoms with Gasteiger partial charge in [-0.25, -0.2) is 4.79 Å². The molecular weight excluding hydrogens is 433 g/mol. The monoisotopic (exact) mass is 443 g/mol. The largest absolute Gasteiger partial charge is 0.426 e. The zero-order chi connectivity index (χ0) is 16.4. The lowest BCUT2D eigenvalue weighted by atomic mass is 10.3. The minimum Gasteiger partial charge on any atom is -0.426 e. The van der Waals surface area contributed by atoms with E-state index in [1.807, 2.05) is 12.1 Å². The molecule has 0 aliphatic heterocycles. The van der Waals surface area contributed by atoms with E-state index in [1.54, 1.807) is 30.3 Å². The number of nitrogens with zero attached hydrogens (tertiary/aromatic N) is 1. The number of rotatable bonds is 4. The smallest absolute Gasteiger partial charge is 0.419 e. The first-order chi connectivity index (χ1) is 11.0. The molecule has 0 saturated heterocycles. The van der Waals surface area contributed by atoms with Gasteiger partial charge in [0.05, 0.1) is 11.9 Å². The number of hydrogen-bond acceptors (Lipinski definition) is 4. The number of esters is 1. The van der Waals surface area contributed by atoms with E-state index in [1.165, 1.54) is 4.57 Å². The maximum absolute atomic E-state index is 11.9. The molecule has 0 aliphatic rings. The normalized spacial score (nSPS) is 10.9. The van der Waals surface area contributed by atoms with Crippen LogP contribution in [-0.2, 0) is 11.3 Å². The van der Waals surface area contributed by atoms with Crippen LogP contribution in [0, 0.1) is 3.57 Å². The Hall–Kier alpha value is -1.80. The second-order valence-corrected chi connectivity index (χ2v) is 6.49. The van der Waals surface area contributed by atoms with E-state index in [4.69, 9.17) is 20.8 Å². The second kappa shape index (κ2) is 6.76. The van der Waals surface area contributed by atoms with Crippen LogP contribution in [0.25, 0.3) is 11.1 Å². The van der Waals surface area contributed by atoms with Gasteiger partial charge in [0.2, 0.25) is 0 Å². The Balaban J connectivity index is 1.70. The number of hydrogen-bond donors (Lipinski definition) is 0. The number of benzene rings is 2. The molecule has 0 unspecified atom stereocenters.